The van der Waals surface area contributed by atoms with Gasteiger partial charge in [-0.2, -0.15) is 13.2 Å². The van der Waals surface area contributed by atoms with E-state index in [0.717, 1.165) is 6.07 Å². The highest BCUT2D eigenvalue weighted by molar-refractivity contribution is 5.35. The SMILES string of the molecule is NC[C@@H](O)COc1ccccc1C(F)(F)F. The molecule has 6 heteroatoms. The Bertz CT molecular complexity index is 341. The van der Waals surface area contributed by atoms with E-state index in [2.05, 4.69) is 0 Å². The second-order valence-electron chi connectivity index (χ2n) is 3.19. The van der Waals surface area contributed by atoms with Crippen molar-refractivity contribution in [3.63, 3.8) is 0 Å². The van der Waals surface area contributed by atoms with Gasteiger partial charge in [0, 0.05) is 6.54 Å². The number of nitrogens with two attached hydrogens (primary N) is 1. The molecule has 90 valence electrons. The van der Waals surface area contributed by atoms with Gasteiger partial charge in [-0.05, 0) is 12.1 Å². The second-order valence-corrected chi connectivity index (χ2v) is 3.19. The molecule has 0 saturated carbocycles. The van der Waals surface area contributed by atoms with Crippen molar-refractivity contribution in [2.75, 3.05) is 13.2 Å². The average molecular weight is 235 g/mol. The lowest BCUT2D eigenvalue weighted by Gasteiger charge is -2.15. The number of hydrogen-bond donors (Lipinski definition) is 2. The predicted molar refractivity (Wildman–Crippen MR) is 52.0 cm³/mol. The van der Waals surface area contributed by atoms with Crippen LogP contribution in [0.2, 0.25) is 0 Å². The van der Waals surface area contributed by atoms with Gasteiger partial charge in [0.2, 0.25) is 0 Å². The Balaban J connectivity index is 2.80. The minimum absolute atomic E-state index is 0.0613. The molecule has 3 N–H and O–H groups in total. The minimum atomic E-state index is -4.47. The maximum absolute atomic E-state index is 12.5. The van der Waals surface area contributed by atoms with Crippen molar-refractivity contribution >= 4 is 0 Å². The molecule has 0 spiro atoms. The third-order valence-corrected chi connectivity index (χ3v) is 1.90. The van der Waals surface area contributed by atoms with Crippen LogP contribution in [0.25, 0.3) is 0 Å². The van der Waals surface area contributed by atoms with E-state index in [1.807, 2.05) is 0 Å². The van der Waals surface area contributed by atoms with Crippen LogP contribution in [0.4, 0.5) is 13.2 Å². The molecule has 0 saturated heterocycles. The summed E-state index contributed by atoms with van der Waals surface area (Å²) in [6, 6.07) is 4.82. The van der Waals surface area contributed by atoms with Crippen LogP contribution < -0.4 is 10.5 Å². The molecule has 3 nitrogen and oxygen atoms in total. The molecule has 0 aliphatic heterocycles. The molecule has 0 amide bonds. The van der Waals surface area contributed by atoms with Crippen molar-refractivity contribution in [2.24, 2.45) is 5.73 Å². The summed E-state index contributed by atoms with van der Waals surface area (Å²) in [5.41, 5.74) is 4.25. The van der Waals surface area contributed by atoms with E-state index in [9.17, 15) is 13.2 Å². The fraction of sp³-hybridized carbons (Fsp3) is 0.400. The summed E-state index contributed by atoms with van der Waals surface area (Å²) < 4.78 is 42.3. The van der Waals surface area contributed by atoms with E-state index in [1.165, 1.54) is 18.2 Å². The Labute approximate surface area is 90.6 Å². The van der Waals surface area contributed by atoms with Gasteiger partial charge in [-0.25, -0.2) is 0 Å². The average Bonchev–Trinajstić information content (AvgIpc) is 2.25. The molecule has 0 heterocycles. The third-order valence-electron chi connectivity index (χ3n) is 1.90. The van der Waals surface area contributed by atoms with Crippen LogP contribution in [-0.4, -0.2) is 24.4 Å². The van der Waals surface area contributed by atoms with Gasteiger partial charge in [0.15, 0.2) is 0 Å². The lowest BCUT2D eigenvalue weighted by molar-refractivity contribution is -0.139. The number of hydrogen-bond acceptors (Lipinski definition) is 3. The first-order valence-electron chi connectivity index (χ1n) is 4.62. The van der Waals surface area contributed by atoms with Crippen molar-refractivity contribution in [3.05, 3.63) is 29.8 Å². The quantitative estimate of drug-likeness (QED) is 0.829. The summed E-state index contributed by atoms with van der Waals surface area (Å²) in [7, 11) is 0. The zero-order valence-corrected chi connectivity index (χ0v) is 8.37. The molecule has 16 heavy (non-hydrogen) atoms. The van der Waals surface area contributed by atoms with E-state index < -0.39 is 17.8 Å². The molecule has 1 atom stereocenters. The fourth-order valence-electron chi connectivity index (χ4n) is 1.08. The highest BCUT2D eigenvalue weighted by atomic mass is 19.4. The molecular formula is C10H12F3NO2. The predicted octanol–water partition coefficient (Wildman–Crippen LogP) is 1.40. The van der Waals surface area contributed by atoms with Gasteiger partial charge in [0.25, 0.3) is 0 Å². The monoisotopic (exact) mass is 235 g/mol. The van der Waals surface area contributed by atoms with Gasteiger partial charge in [0.05, 0.1) is 5.56 Å². The maximum atomic E-state index is 12.5. The number of rotatable bonds is 4. The van der Waals surface area contributed by atoms with E-state index >= 15 is 0 Å². The number of alkyl halides is 3. The standard InChI is InChI=1S/C10H12F3NO2/c11-10(12,13)8-3-1-2-4-9(8)16-6-7(15)5-14/h1-4,7,15H,5-6,14H2/t7-/m1/s1. The highest BCUT2D eigenvalue weighted by Crippen LogP contribution is 2.35. The number of aliphatic hydroxyl groups excluding tert-OH is 1. The first kappa shape index (κ1) is 12.8. The highest BCUT2D eigenvalue weighted by Gasteiger charge is 2.34. The summed E-state index contributed by atoms with van der Waals surface area (Å²) in [5, 5.41) is 9.08. The molecule has 0 unspecified atom stereocenters. The molecule has 0 aliphatic carbocycles. The summed E-state index contributed by atoms with van der Waals surface area (Å²) in [4.78, 5) is 0. The Morgan fingerprint density at radius 3 is 2.50 bits per heavy atom. The van der Waals surface area contributed by atoms with Crippen LogP contribution in [0.1, 0.15) is 5.56 Å². The van der Waals surface area contributed by atoms with Crippen molar-refractivity contribution in [1.29, 1.82) is 0 Å². The largest absolute Gasteiger partial charge is 0.490 e. The molecule has 1 rings (SSSR count). The van der Waals surface area contributed by atoms with Crippen molar-refractivity contribution in [3.8, 4) is 5.75 Å². The number of benzene rings is 1. The van der Waals surface area contributed by atoms with Gasteiger partial charge in [0.1, 0.15) is 18.5 Å². The minimum Gasteiger partial charge on any atom is -0.490 e. The van der Waals surface area contributed by atoms with Gasteiger partial charge < -0.3 is 15.6 Å². The lowest BCUT2D eigenvalue weighted by atomic mass is 10.2. The van der Waals surface area contributed by atoms with Crippen LogP contribution in [0.15, 0.2) is 24.3 Å². The van der Waals surface area contributed by atoms with Crippen LogP contribution in [0, 0.1) is 0 Å². The summed E-state index contributed by atoms with van der Waals surface area (Å²) in [6.07, 6.45) is -5.44. The smallest absolute Gasteiger partial charge is 0.419 e. The Morgan fingerprint density at radius 1 is 1.31 bits per heavy atom. The lowest BCUT2D eigenvalue weighted by Crippen LogP contribution is -2.27. The van der Waals surface area contributed by atoms with E-state index in [-0.39, 0.29) is 18.9 Å². The first-order chi connectivity index (χ1) is 7.45. The molecule has 0 radical (unpaired) electrons. The zero-order valence-electron chi connectivity index (χ0n) is 8.37. The number of aliphatic hydroxyl groups is 1. The van der Waals surface area contributed by atoms with E-state index in [1.54, 1.807) is 0 Å². The van der Waals surface area contributed by atoms with Crippen LogP contribution in [-0.2, 0) is 6.18 Å². The van der Waals surface area contributed by atoms with Crippen LogP contribution in [0.5, 0.6) is 5.75 Å². The maximum Gasteiger partial charge on any atom is 0.419 e. The Hall–Kier alpha value is -1.27. The summed E-state index contributed by atoms with van der Waals surface area (Å²) >= 11 is 0. The first-order valence-corrected chi connectivity index (χ1v) is 4.62. The summed E-state index contributed by atoms with van der Waals surface area (Å²) in [5.74, 6) is -0.303. The van der Waals surface area contributed by atoms with E-state index in [0.29, 0.717) is 0 Å². The van der Waals surface area contributed by atoms with Crippen molar-refractivity contribution < 1.29 is 23.0 Å². The fourth-order valence-corrected chi connectivity index (χ4v) is 1.08. The van der Waals surface area contributed by atoms with Crippen molar-refractivity contribution in [1.82, 2.24) is 0 Å². The van der Waals surface area contributed by atoms with Gasteiger partial charge in [-0.15, -0.1) is 0 Å². The van der Waals surface area contributed by atoms with Crippen molar-refractivity contribution in [2.45, 2.75) is 12.3 Å². The van der Waals surface area contributed by atoms with Gasteiger partial charge >= 0.3 is 6.18 Å². The van der Waals surface area contributed by atoms with Gasteiger partial charge in [-0.3, -0.25) is 0 Å². The topological polar surface area (TPSA) is 55.5 Å². The molecule has 0 aromatic heterocycles. The number of ether oxygens (including phenoxy) is 1. The summed E-state index contributed by atoms with van der Waals surface area (Å²) in [6.45, 7) is -0.322. The Morgan fingerprint density at radius 2 is 1.94 bits per heavy atom. The molecule has 1 aromatic rings. The number of halogens is 3. The molecular weight excluding hydrogens is 223 g/mol. The number of para-hydroxylation sites is 1. The van der Waals surface area contributed by atoms with Crippen LogP contribution >= 0.6 is 0 Å². The normalized spacial score (nSPS) is 13.6. The molecule has 0 fully saturated rings. The van der Waals surface area contributed by atoms with Crippen LogP contribution in [0.3, 0.4) is 0 Å². The van der Waals surface area contributed by atoms with Gasteiger partial charge in [-0.1, -0.05) is 12.1 Å². The zero-order chi connectivity index (χ0) is 12.2. The Kier molecular flexibility index (Phi) is 4.14. The molecule has 0 aliphatic rings. The molecule has 0 bridgehead atoms. The third kappa shape index (κ3) is 3.39. The molecule has 1 aromatic carbocycles. The van der Waals surface area contributed by atoms with E-state index in [4.69, 9.17) is 15.6 Å². The second kappa shape index (κ2) is 5.18.